The van der Waals surface area contributed by atoms with E-state index in [9.17, 15) is 9.59 Å². The Labute approximate surface area is 247 Å². The Balaban J connectivity index is 1.29. The van der Waals surface area contributed by atoms with Crippen molar-refractivity contribution in [2.75, 3.05) is 0 Å². The molecule has 0 unspecified atom stereocenters. The fraction of sp³-hybridized carbons (Fsp3) is 0. The van der Waals surface area contributed by atoms with Crippen molar-refractivity contribution in [3.63, 3.8) is 0 Å². The molecule has 0 fully saturated rings. The van der Waals surface area contributed by atoms with E-state index < -0.39 is 0 Å². The van der Waals surface area contributed by atoms with Gasteiger partial charge in [0.2, 0.25) is 0 Å². The third-order valence-corrected chi connectivity index (χ3v) is 11.7. The molecule has 2 aromatic carbocycles. The van der Waals surface area contributed by atoms with E-state index in [1.54, 1.807) is 45.3 Å². The molecule has 0 N–H and O–H groups in total. The number of carbonyl (C=O) groups excluding carboxylic acids is 2. The van der Waals surface area contributed by atoms with Crippen molar-refractivity contribution < 1.29 is 9.59 Å². The van der Waals surface area contributed by atoms with Crippen molar-refractivity contribution in [2.24, 2.45) is 0 Å². The van der Waals surface area contributed by atoms with E-state index in [0.29, 0.717) is 5.57 Å². The molecule has 4 heterocycles. The lowest BCUT2D eigenvalue weighted by atomic mass is 9.96. The third-order valence-electron chi connectivity index (χ3n) is 6.62. The minimum absolute atomic E-state index is 0.135. The van der Waals surface area contributed by atoms with E-state index in [-0.39, 0.29) is 11.6 Å². The van der Waals surface area contributed by atoms with Crippen LogP contribution in [0.3, 0.4) is 0 Å². The summed E-state index contributed by atoms with van der Waals surface area (Å²) in [6.07, 6.45) is 4.20. The van der Waals surface area contributed by atoms with Gasteiger partial charge in [0.15, 0.2) is 11.6 Å². The lowest BCUT2D eigenvalue weighted by Crippen LogP contribution is -2.06. The molecule has 192 valence electrons. The molecule has 40 heavy (non-hydrogen) atoms. The van der Waals surface area contributed by atoms with Crippen molar-refractivity contribution in [3.8, 4) is 50.1 Å². The SMILES string of the molecule is O=C1C=CC(=O)C(c2cc(-c3ccc(-c4ccccc4)s3)sc2-c2ccc(-c3ccc(-c4ccccc4)s3)s2)=C1. The summed E-state index contributed by atoms with van der Waals surface area (Å²) in [5.74, 6) is -0.293. The average molecular weight is 589 g/mol. The zero-order valence-corrected chi connectivity index (χ0v) is 24.3. The summed E-state index contributed by atoms with van der Waals surface area (Å²) >= 11 is 6.92. The molecule has 0 bridgehead atoms. The molecular formula is C34H20O2S4. The predicted molar refractivity (Wildman–Crippen MR) is 172 cm³/mol. The first-order chi connectivity index (χ1) is 19.6. The van der Waals surface area contributed by atoms with Crippen LogP contribution >= 0.6 is 45.3 Å². The molecule has 2 nitrogen and oxygen atoms in total. The molecule has 0 spiro atoms. The van der Waals surface area contributed by atoms with Crippen LogP contribution in [0, 0.1) is 0 Å². The maximum Gasteiger partial charge on any atom is 0.186 e. The molecule has 7 rings (SSSR count). The molecule has 0 saturated carbocycles. The Morgan fingerprint density at radius 2 is 0.950 bits per heavy atom. The summed E-state index contributed by atoms with van der Waals surface area (Å²) in [6, 6.07) is 35.8. The Hall–Kier alpha value is -3.94. The molecule has 0 saturated heterocycles. The van der Waals surface area contributed by atoms with Crippen molar-refractivity contribution >= 4 is 62.5 Å². The highest BCUT2D eigenvalue weighted by Crippen LogP contribution is 2.48. The van der Waals surface area contributed by atoms with Crippen LogP contribution in [0.25, 0.3) is 55.7 Å². The number of ketones is 2. The van der Waals surface area contributed by atoms with E-state index in [1.165, 1.54) is 48.9 Å². The summed E-state index contributed by atoms with van der Waals surface area (Å²) in [7, 11) is 0. The van der Waals surface area contributed by atoms with E-state index in [0.717, 1.165) is 25.1 Å². The van der Waals surface area contributed by atoms with Crippen LogP contribution in [0.1, 0.15) is 5.56 Å². The Kier molecular flexibility index (Phi) is 6.61. The number of hydrogen-bond donors (Lipinski definition) is 0. The second kappa shape index (κ2) is 10.6. The van der Waals surface area contributed by atoms with Gasteiger partial charge in [0, 0.05) is 45.3 Å². The van der Waals surface area contributed by atoms with Gasteiger partial charge in [0.05, 0.1) is 4.88 Å². The van der Waals surface area contributed by atoms with Gasteiger partial charge in [0.25, 0.3) is 0 Å². The first-order valence-corrected chi connectivity index (χ1v) is 15.9. The van der Waals surface area contributed by atoms with Gasteiger partial charge >= 0.3 is 0 Å². The maximum absolute atomic E-state index is 12.9. The minimum atomic E-state index is -0.158. The summed E-state index contributed by atoms with van der Waals surface area (Å²) in [5.41, 5.74) is 3.68. The Morgan fingerprint density at radius 3 is 1.55 bits per heavy atom. The molecule has 0 radical (unpaired) electrons. The highest BCUT2D eigenvalue weighted by molar-refractivity contribution is 7.29. The highest BCUT2D eigenvalue weighted by Gasteiger charge is 2.24. The normalized spacial score (nSPS) is 13.2. The van der Waals surface area contributed by atoms with Crippen LogP contribution in [0.4, 0.5) is 0 Å². The van der Waals surface area contributed by atoms with Crippen LogP contribution in [-0.2, 0) is 9.59 Å². The van der Waals surface area contributed by atoms with E-state index in [1.807, 2.05) is 24.3 Å². The number of thiophene rings is 4. The molecule has 1 aliphatic rings. The number of rotatable bonds is 6. The van der Waals surface area contributed by atoms with Gasteiger partial charge in [-0.05, 0) is 71.8 Å². The summed E-state index contributed by atoms with van der Waals surface area (Å²) in [4.78, 5) is 34.4. The van der Waals surface area contributed by atoms with Crippen LogP contribution in [0.2, 0.25) is 0 Å². The van der Waals surface area contributed by atoms with Crippen molar-refractivity contribution in [1.29, 1.82) is 0 Å². The van der Waals surface area contributed by atoms with Gasteiger partial charge in [-0.15, -0.1) is 45.3 Å². The zero-order chi connectivity index (χ0) is 27.1. The summed E-state index contributed by atoms with van der Waals surface area (Å²) < 4.78 is 0. The molecule has 6 heteroatoms. The zero-order valence-electron chi connectivity index (χ0n) is 21.0. The second-order valence-corrected chi connectivity index (χ2v) is 13.5. The van der Waals surface area contributed by atoms with E-state index in [2.05, 4.69) is 78.9 Å². The van der Waals surface area contributed by atoms with Crippen molar-refractivity contribution in [3.05, 3.63) is 127 Å². The van der Waals surface area contributed by atoms with Crippen molar-refractivity contribution in [2.45, 2.75) is 0 Å². The first-order valence-electron chi connectivity index (χ1n) is 12.7. The van der Waals surface area contributed by atoms with Crippen molar-refractivity contribution in [1.82, 2.24) is 0 Å². The molecule has 6 aromatic rings. The van der Waals surface area contributed by atoms with Crippen LogP contribution in [-0.4, -0.2) is 11.6 Å². The lowest BCUT2D eigenvalue weighted by Gasteiger charge is -2.07. The number of carbonyl (C=O) groups is 2. The van der Waals surface area contributed by atoms with Gasteiger partial charge < -0.3 is 0 Å². The van der Waals surface area contributed by atoms with Gasteiger partial charge in [-0.1, -0.05) is 60.7 Å². The predicted octanol–water partition coefficient (Wildman–Crippen LogP) is 10.4. The third kappa shape index (κ3) is 4.80. The average Bonchev–Trinajstić information content (AvgIpc) is 3.80. The fourth-order valence-corrected chi connectivity index (χ4v) is 9.16. The Bertz CT molecular complexity index is 1930. The Morgan fingerprint density at radius 1 is 0.450 bits per heavy atom. The lowest BCUT2D eigenvalue weighted by molar-refractivity contribution is -0.113. The second-order valence-electron chi connectivity index (χ2n) is 9.24. The van der Waals surface area contributed by atoms with Crippen LogP contribution in [0.5, 0.6) is 0 Å². The first kappa shape index (κ1) is 25.1. The molecular weight excluding hydrogens is 569 g/mol. The topological polar surface area (TPSA) is 34.1 Å². The van der Waals surface area contributed by atoms with Gasteiger partial charge in [-0.2, -0.15) is 0 Å². The molecule has 0 amide bonds. The van der Waals surface area contributed by atoms with Crippen LogP contribution < -0.4 is 0 Å². The quantitative estimate of drug-likeness (QED) is 0.181. The van der Waals surface area contributed by atoms with Gasteiger partial charge in [-0.3, -0.25) is 9.59 Å². The number of hydrogen-bond acceptors (Lipinski definition) is 6. The summed E-state index contributed by atoms with van der Waals surface area (Å²) in [5, 5.41) is 0. The number of allylic oxidation sites excluding steroid dienone is 4. The molecule has 0 aliphatic heterocycles. The fourth-order valence-electron chi connectivity index (χ4n) is 4.66. The van der Waals surface area contributed by atoms with Crippen LogP contribution in [0.15, 0.2) is 121 Å². The summed E-state index contributed by atoms with van der Waals surface area (Å²) in [6.45, 7) is 0. The smallest absolute Gasteiger partial charge is 0.186 e. The van der Waals surface area contributed by atoms with E-state index >= 15 is 0 Å². The molecule has 1 aliphatic carbocycles. The highest BCUT2D eigenvalue weighted by atomic mass is 32.1. The van der Waals surface area contributed by atoms with Gasteiger partial charge in [0.1, 0.15) is 0 Å². The maximum atomic E-state index is 12.9. The standard InChI is InChI=1S/C34H20O2S4/c35-23-11-12-26(36)24(19-23)25-20-33(31-16-14-28(38-31)22-9-5-2-6-10-22)40-34(25)32-18-17-30(39-32)29-15-13-27(37-29)21-7-3-1-4-8-21/h1-20H. The number of benzene rings is 2. The van der Waals surface area contributed by atoms with Gasteiger partial charge in [-0.25, -0.2) is 0 Å². The minimum Gasteiger partial charge on any atom is -0.290 e. The monoisotopic (exact) mass is 588 g/mol. The van der Waals surface area contributed by atoms with E-state index in [4.69, 9.17) is 0 Å². The molecule has 4 aromatic heterocycles. The largest absolute Gasteiger partial charge is 0.290 e. The molecule has 0 atom stereocenters.